The maximum Gasteiger partial charge on any atom is 0.333 e. The third-order valence-corrected chi connectivity index (χ3v) is 5.34. The number of imide groups is 1. The molecule has 0 aliphatic carbocycles. The van der Waals surface area contributed by atoms with E-state index in [9.17, 15) is 19.5 Å². The Hall–Kier alpha value is -4.30. The standard InChI is InChI=1S/C26H21ClN2O6/c1-2-34-23-13-17(8-11-22(23)35-15-16-6-9-18(10-7-16)25(31)32)12-21-24(30)29(26(33)28-21)20-5-3-4-19(27)14-20/h3-14H,2,15H2,1H3,(H,28,33)(H,31,32)/p-1/b21-12+. The zero-order valence-corrected chi connectivity index (χ0v) is 19.4. The normalized spacial score (nSPS) is 14.2. The van der Waals surface area contributed by atoms with Crippen LogP contribution in [0.2, 0.25) is 5.02 Å². The summed E-state index contributed by atoms with van der Waals surface area (Å²) in [6, 6.07) is 17.2. The molecule has 1 aliphatic heterocycles. The summed E-state index contributed by atoms with van der Waals surface area (Å²) in [5.41, 5.74) is 1.96. The van der Waals surface area contributed by atoms with Crippen LogP contribution in [0.25, 0.3) is 6.08 Å². The van der Waals surface area contributed by atoms with Gasteiger partial charge in [0.05, 0.1) is 18.3 Å². The Balaban J connectivity index is 1.52. The lowest BCUT2D eigenvalue weighted by molar-refractivity contribution is -0.255. The number of urea groups is 1. The summed E-state index contributed by atoms with van der Waals surface area (Å²) in [5.74, 6) is -0.819. The minimum absolute atomic E-state index is 0.0867. The van der Waals surface area contributed by atoms with Crippen molar-refractivity contribution < 1.29 is 29.0 Å². The third-order valence-electron chi connectivity index (χ3n) is 5.11. The average Bonchev–Trinajstić information content (AvgIpc) is 3.11. The molecule has 0 unspecified atom stereocenters. The number of hydrogen-bond donors (Lipinski definition) is 1. The number of nitrogens with zero attached hydrogens (tertiary/aromatic N) is 1. The second-order valence-corrected chi connectivity index (χ2v) is 7.96. The molecule has 0 radical (unpaired) electrons. The van der Waals surface area contributed by atoms with Gasteiger partial charge in [-0.1, -0.05) is 48.0 Å². The molecule has 8 nitrogen and oxygen atoms in total. The molecule has 1 heterocycles. The summed E-state index contributed by atoms with van der Waals surface area (Å²) in [5, 5.41) is 13.9. The maximum absolute atomic E-state index is 12.9. The Labute approximate surface area is 206 Å². The second-order valence-electron chi connectivity index (χ2n) is 7.52. The molecule has 1 N–H and O–H groups in total. The molecule has 0 atom stereocenters. The highest BCUT2D eigenvalue weighted by Crippen LogP contribution is 2.31. The van der Waals surface area contributed by atoms with Crippen molar-refractivity contribution in [3.63, 3.8) is 0 Å². The average molecular weight is 492 g/mol. The molecule has 0 spiro atoms. The van der Waals surface area contributed by atoms with E-state index in [4.69, 9.17) is 21.1 Å². The van der Waals surface area contributed by atoms with Crippen LogP contribution < -0.4 is 24.8 Å². The van der Waals surface area contributed by atoms with Crippen LogP contribution in [0.3, 0.4) is 0 Å². The van der Waals surface area contributed by atoms with E-state index in [1.54, 1.807) is 54.6 Å². The fraction of sp³-hybridized carbons (Fsp3) is 0.115. The van der Waals surface area contributed by atoms with Gasteiger partial charge in [-0.25, -0.2) is 9.69 Å². The van der Waals surface area contributed by atoms with Crippen molar-refractivity contribution in [1.29, 1.82) is 0 Å². The van der Waals surface area contributed by atoms with Crippen molar-refractivity contribution in [3.05, 3.63) is 94.1 Å². The number of anilines is 1. The Morgan fingerprint density at radius 1 is 1.03 bits per heavy atom. The number of carbonyl (C=O) groups excluding carboxylic acids is 3. The number of nitrogens with one attached hydrogen (secondary N) is 1. The number of carboxylic acids is 1. The van der Waals surface area contributed by atoms with E-state index in [1.165, 1.54) is 18.2 Å². The van der Waals surface area contributed by atoms with Gasteiger partial charge in [0.1, 0.15) is 12.3 Å². The van der Waals surface area contributed by atoms with Crippen molar-refractivity contribution in [1.82, 2.24) is 5.32 Å². The van der Waals surface area contributed by atoms with Crippen LogP contribution in [0.1, 0.15) is 28.4 Å². The number of carbonyl (C=O) groups is 3. The molecule has 0 saturated carbocycles. The molecule has 3 aromatic rings. The largest absolute Gasteiger partial charge is 0.545 e. The fourth-order valence-electron chi connectivity index (χ4n) is 3.45. The highest BCUT2D eigenvalue weighted by molar-refractivity contribution is 6.32. The minimum Gasteiger partial charge on any atom is -0.545 e. The van der Waals surface area contributed by atoms with Crippen molar-refractivity contribution >= 4 is 41.3 Å². The maximum atomic E-state index is 12.9. The van der Waals surface area contributed by atoms with E-state index in [2.05, 4.69) is 5.32 Å². The van der Waals surface area contributed by atoms with Crippen molar-refractivity contribution in [2.45, 2.75) is 13.5 Å². The lowest BCUT2D eigenvalue weighted by Crippen LogP contribution is -2.30. The van der Waals surface area contributed by atoms with E-state index in [0.717, 1.165) is 10.5 Å². The van der Waals surface area contributed by atoms with E-state index in [-0.39, 0.29) is 17.9 Å². The molecule has 1 aliphatic rings. The molecule has 4 rings (SSSR count). The van der Waals surface area contributed by atoms with E-state index in [0.29, 0.717) is 34.4 Å². The lowest BCUT2D eigenvalue weighted by Gasteiger charge is -2.13. The molecule has 178 valence electrons. The van der Waals surface area contributed by atoms with E-state index in [1.807, 2.05) is 6.92 Å². The Morgan fingerprint density at radius 3 is 2.49 bits per heavy atom. The van der Waals surface area contributed by atoms with Crippen LogP contribution in [-0.2, 0) is 11.4 Å². The van der Waals surface area contributed by atoms with Crippen LogP contribution in [0, 0.1) is 0 Å². The Kier molecular flexibility index (Phi) is 7.03. The van der Waals surface area contributed by atoms with Gasteiger partial charge in [0.15, 0.2) is 11.5 Å². The van der Waals surface area contributed by atoms with Crippen molar-refractivity contribution in [2.75, 3.05) is 11.5 Å². The third kappa shape index (κ3) is 5.44. The summed E-state index contributed by atoms with van der Waals surface area (Å²) in [7, 11) is 0. The first-order chi connectivity index (χ1) is 16.9. The number of benzene rings is 3. The number of aromatic carboxylic acids is 1. The zero-order chi connectivity index (χ0) is 24.9. The van der Waals surface area contributed by atoms with Gasteiger partial charge in [-0.05, 0) is 60.0 Å². The summed E-state index contributed by atoms with van der Waals surface area (Å²) in [4.78, 5) is 37.2. The summed E-state index contributed by atoms with van der Waals surface area (Å²) < 4.78 is 11.6. The number of amides is 3. The number of rotatable bonds is 8. The predicted molar refractivity (Wildman–Crippen MR) is 128 cm³/mol. The van der Waals surface area contributed by atoms with Gasteiger partial charge in [-0.15, -0.1) is 0 Å². The predicted octanol–water partition coefficient (Wildman–Crippen LogP) is 3.78. The molecular formula is C26H20ClN2O6-. The lowest BCUT2D eigenvalue weighted by atomic mass is 10.1. The van der Waals surface area contributed by atoms with Crippen LogP contribution >= 0.6 is 11.6 Å². The van der Waals surface area contributed by atoms with Gasteiger partial charge in [-0.3, -0.25) is 4.79 Å². The van der Waals surface area contributed by atoms with Gasteiger partial charge in [-0.2, -0.15) is 0 Å². The minimum atomic E-state index is -1.24. The quantitative estimate of drug-likeness (QED) is 0.379. The number of halogens is 1. The number of hydrogen-bond acceptors (Lipinski definition) is 6. The Morgan fingerprint density at radius 2 is 1.80 bits per heavy atom. The molecule has 1 saturated heterocycles. The zero-order valence-electron chi connectivity index (χ0n) is 18.6. The van der Waals surface area contributed by atoms with E-state index < -0.39 is 17.9 Å². The van der Waals surface area contributed by atoms with Crippen LogP contribution in [0.5, 0.6) is 11.5 Å². The summed E-state index contributed by atoms with van der Waals surface area (Å²) in [6.45, 7) is 2.41. The van der Waals surface area contributed by atoms with Crippen molar-refractivity contribution in [3.8, 4) is 11.5 Å². The smallest absolute Gasteiger partial charge is 0.333 e. The first kappa shape index (κ1) is 23.8. The molecule has 0 bridgehead atoms. The molecule has 0 aromatic heterocycles. The summed E-state index contributed by atoms with van der Waals surface area (Å²) in [6.07, 6.45) is 1.55. The molecule has 9 heteroatoms. The molecule has 3 amide bonds. The SMILES string of the molecule is CCOc1cc(/C=C2/NC(=O)N(c3cccc(Cl)c3)C2=O)ccc1OCc1ccc(C(=O)[O-])cc1. The van der Waals surface area contributed by atoms with Gasteiger partial charge in [0, 0.05) is 5.02 Å². The van der Waals surface area contributed by atoms with Gasteiger partial charge in [0.25, 0.3) is 5.91 Å². The number of carboxylic acid groups (broad SMARTS) is 1. The first-order valence-corrected chi connectivity index (χ1v) is 11.1. The fourth-order valence-corrected chi connectivity index (χ4v) is 3.64. The highest BCUT2D eigenvalue weighted by Gasteiger charge is 2.35. The topological polar surface area (TPSA) is 108 Å². The van der Waals surface area contributed by atoms with Crippen LogP contribution in [0.15, 0.2) is 72.4 Å². The Bertz CT molecular complexity index is 1320. The molecular weight excluding hydrogens is 472 g/mol. The second kappa shape index (κ2) is 10.3. The van der Waals surface area contributed by atoms with Gasteiger partial charge in [0.2, 0.25) is 0 Å². The number of ether oxygens (including phenoxy) is 2. The van der Waals surface area contributed by atoms with Gasteiger partial charge < -0.3 is 24.7 Å². The first-order valence-electron chi connectivity index (χ1n) is 10.7. The van der Waals surface area contributed by atoms with Crippen LogP contribution in [-0.4, -0.2) is 24.5 Å². The monoisotopic (exact) mass is 491 g/mol. The van der Waals surface area contributed by atoms with E-state index >= 15 is 0 Å². The molecule has 3 aromatic carbocycles. The molecule has 1 fully saturated rings. The van der Waals surface area contributed by atoms with Crippen LogP contribution in [0.4, 0.5) is 10.5 Å². The van der Waals surface area contributed by atoms with Gasteiger partial charge >= 0.3 is 6.03 Å². The highest BCUT2D eigenvalue weighted by atomic mass is 35.5. The molecule has 35 heavy (non-hydrogen) atoms. The summed E-state index contributed by atoms with van der Waals surface area (Å²) >= 11 is 5.99. The van der Waals surface area contributed by atoms with Crippen molar-refractivity contribution in [2.24, 2.45) is 0 Å².